The SMILES string of the molecule is CCCOC1CCC(C2CCC(C3CCC(C)CC3)CC2)C(F)C1F. The van der Waals surface area contributed by atoms with Crippen LogP contribution < -0.4 is 0 Å². The van der Waals surface area contributed by atoms with Gasteiger partial charge in [-0.2, -0.15) is 0 Å². The van der Waals surface area contributed by atoms with Gasteiger partial charge in [0.25, 0.3) is 0 Å². The van der Waals surface area contributed by atoms with Crippen LogP contribution in [0.3, 0.4) is 0 Å². The summed E-state index contributed by atoms with van der Waals surface area (Å²) < 4.78 is 34.8. The van der Waals surface area contributed by atoms with Crippen LogP contribution in [0.2, 0.25) is 0 Å². The summed E-state index contributed by atoms with van der Waals surface area (Å²) in [5.41, 5.74) is 0. The van der Waals surface area contributed by atoms with Crippen molar-refractivity contribution < 1.29 is 13.5 Å². The van der Waals surface area contributed by atoms with E-state index in [0.717, 1.165) is 43.4 Å². The van der Waals surface area contributed by atoms with Crippen LogP contribution in [-0.2, 0) is 4.74 Å². The molecule has 0 bridgehead atoms. The van der Waals surface area contributed by atoms with Gasteiger partial charge in [-0.3, -0.25) is 0 Å². The summed E-state index contributed by atoms with van der Waals surface area (Å²) >= 11 is 0. The molecule has 146 valence electrons. The van der Waals surface area contributed by atoms with Crippen LogP contribution >= 0.6 is 0 Å². The predicted octanol–water partition coefficient (Wildman–Crippen LogP) is 6.50. The Morgan fingerprint density at radius 2 is 1.28 bits per heavy atom. The lowest BCUT2D eigenvalue weighted by Crippen LogP contribution is -2.46. The summed E-state index contributed by atoms with van der Waals surface area (Å²) in [5.74, 6) is 3.01. The summed E-state index contributed by atoms with van der Waals surface area (Å²) in [7, 11) is 0. The zero-order chi connectivity index (χ0) is 17.8. The second kappa shape index (κ2) is 9.15. The topological polar surface area (TPSA) is 9.23 Å². The first kappa shape index (κ1) is 19.6. The number of hydrogen-bond acceptors (Lipinski definition) is 1. The zero-order valence-corrected chi connectivity index (χ0v) is 16.3. The van der Waals surface area contributed by atoms with Crippen molar-refractivity contribution in [3.63, 3.8) is 0 Å². The monoisotopic (exact) mass is 356 g/mol. The van der Waals surface area contributed by atoms with Crippen molar-refractivity contribution in [3.8, 4) is 0 Å². The quantitative estimate of drug-likeness (QED) is 0.546. The molecule has 0 aliphatic heterocycles. The molecular weight excluding hydrogens is 318 g/mol. The fourth-order valence-electron chi connectivity index (χ4n) is 5.86. The van der Waals surface area contributed by atoms with E-state index in [2.05, 4.69) is 6.92 Å². The van der Waals surface area contributed by atoms with E-state index in [1.807, 2.05) is 6.92 Å². The normalized spacial score (nSPS) is 46.1. The molecule has 3 rings (SSSR count). The first-order valence-electron chi connectivity index (χ1n) is 11.0. The highest BCUT2D eigenvalue weighted by atomic mass is 19.2. The molecule has 4 unspecified atom stereocenters. The molecule has 3 saturated carbocycles. The van der Waals surface area contributed by atoms with Crippen LogP contribution in [0.5, 0.6) is 0 Å². The van der Waals surface area contributed by atoms with Gasteiger partial charge in [-0.25, -0.2) is 8.78 Å². The van der Waals surface area contributed by atoms with Crippen molar-refractivity contribution in [1.82, 2.24) is 0 Å². The van der Waals surface area contributed by atoms with E-state index in [-0.39, 0.29) is 5.92 Å². The number of ether oxygens (including phenoxy) is 1. The highest BCUT2D eigenvalue weighted by molar-refractivity contribution is 4.93. The van der Waals surface area contributed by atoms with Gasteiger partial charge in [0.2, 0.25) is 0 Å². The Morgan fingerprint density at radius 1 is 0.720 bits per heavy atom. The van der Waals surface area contributed by atoms with E-state index in [0.29, 0.717) is 18.9 Å². The summed E-state index contributed by atoms with van der Waals surface area (Å²) in [5, 5.41) is 0. The maximum Gasteiger partial charge on any atom is 0.157 e. The Hall–Kier alpha value is -0.180. The molecule has 0 heterocycles. The van der Waals surface area contributed by atoms with Crippen molar-refractivity contribution in [1.29, 1.82) is 0 Å². The third-order valence-electron chi connectivity index (χ3n) is 7.54. The summed E-state index contributed by atoms with van der Waals surface area (Å²) in [6.07, 6.45) is 9.46. The highest BCUT2D eigenvalue weighted by Gasteiger charge is 2.45. The lowest BCUT2D eigenvalue weighted by molar-refractivity contribution is -0.0879. The third kappa shape index (κ3) is 4.76. The van der Waals surface area contributed by atoms with Gasteiger partial charge in [0.1, 0.15) is 6.17 Å². The molecular formula is C22H38F2O. The first-order chi connectivity index (χ1) is 12.1. The zero-order valence-electron chi connectivity index (χ0n) is 16.3. The van der Waals surface area contributed by atoms with Crippen molar-refractivity contribution in [2.24, 2.45) is 29.6 Å². The van der Waals surface area contributed by atoms with E-state index in [1.165, 1.54) is 38.5 Å². The number of alkyl halides is 2. The van der Waals surface area contributed by atoms with E-state index < -0.39 is 18.4 Å². The predicted molar refractivity (Wildman–Crippen MR) is 99.1 cm³/mol. The van der Waals surface area contributed by atoms with E-state index >= 15 is 0 Å². The van der Waals surface area contributed by atoms with Gasteiger partial charge in [-0.1, -0.05) is 26.7 Å². The molecule has 1 nitrogen and oxygen atoms in total. The second-order valence-electron chi connectivity index (χ2n) is 9.23. The Balaban J connectivity index is 1.46. The summed E-state index contributed by atoms with van der Waals surface area (Å²) in [6.45, 7) is 4.94. The Kier molecular flexibility index (Phi) is 7.17. The van der Waals surface area contributed by atoms with Crippen LogP contribution in [0.1, 0.15) is 84.5 Å². The van der Waals surface area contributed by atoms with Crippen LogP contribution in [0.15, 0.2) is 0 Å². The van der Waals surface area contributed by atoms with Gasteiger partial charge in [0, 0.05) is 6.61 Å². The number of hydrogen-bond donors (Lipinski definition) is 0. The molecule has 0 amide bonds. The number of rotatable bonds is 5. The van der Waals surface area contributed by atoms with Gasteiger partial charge >= 0.3 is 0 Å². The Bertz CT molecular complexity index is 385. The Labute approximate surface area is 153 Å². The van der Waals surface area contributed by atoms with Gasteiger partial charge in [-0.05, 0) is 87.4 Å². The fraction of sp³-hybridized carbons (Fsp3) is 1.00. The average Bonchev–Trinajstić information content (AvgIpc) is 2.64. The second-order valence-corrected chi connectivity index (χ2v) is 9.23. The van der Waals surface area contributed by atoms with Crippen LogP contribution in [0.4, 0.5) is 8.78 Å². The standard InChI is InChI=1S/C22H38F2O/c1-3-14-25-20-13-12-19(21(23)22(20)24)18-10-8-17(9-11-18)16-6-4-15(2)5-7-16/h15-22H,3-14H2,1-2H3. The third-order valence-corrected chi connectivity index (χ3v) is 7.54. The molecule has 4 atom stereocenters. The van der Waals surface area contributed by atoms with Crippen LogP contribution in [0, 0.1) is 29.6 Å². The molecule has 0 spiro atoms. The fourth-order valence-corrected chi connectivity index (χ4v) is 5.86. The number of halogens is 2. The smallest absolute Gasteiger partial charge is 0.157 e. The van der Waals surface area contributed by atoms with Crippen molar-refractivity contribution >= 4 is 0 Å². The minimum atomic E-state index is -1.41. The maximum absolute atomic E-state index is 14.7. The Morgan fingerprint density at radius 3 is 1.88 bits per heavy atom. The first-order valence-corrected chi connectivity index (χ1v) is 11.0. The lowest BCUT2D eigenvalue weighted by Gasteiger charge is -2.43. The van der Waals surface area contributed by atoms with Gasteiger partial charge in [0.15, 0.2) is 6.17 Å². The molecule has 0 saturated heterocycles. The van der Waals surface area contributed by atoms with Gasteiger partial charge in [0.05, 0.1) is 6.10 Å². The van der Waals surface area contributed by atoms with Crippen molar-refractivity contribution in [2.45, 2.75) is 103 Å². The van der Waals surface area contributed by atoms with Crippen molar-refractivity contribution in [3.05, 3.63) is 0 Å². The van der Waals surface area contributed by atoms with E-state index in [4.69, 9.17) is 4.74 Å². The largest absolute Gasteiger partial charge is 0.375 e. The maximum atomic E-state index is 14.7. The van der Waals surface area contributed by atoms with E-state index in [1.54, 1.807) is 0 Å². The molecule has 0 radical (unpaired) electrons. The molecule has 3 aliphatic rings. The molecule has 0 aromatic carbocycles. The summed E-state index contributed by atoms with van der Waals surface area (Å²) in [6, 6.07) is 0. The van der Waals surface area contributed by atoms with Gasteiger partial charge < -0.3 is 4.74 Å². The van der Waals surface area contributed by atoms with E-state index in [9.17, 15) is 8.78 Å². The molecule has 0 N–H and O–H groups in total. The van der Waals surface area contributed by atoms with Crippen LogP contribution in [0.25, 0.3) is 0 Å². The molecule has 25 heavy (non-hydrogen) atoms. The lowest BCUT2D eigenvalue weighted by atomic mass is 9.65. The van der Waals surface area contributed by atoms with Crippen LogP contribution in [-0.4, -0.2) is 25.1 Å². The highest BCUT2D eigenvalue weighted by Crippen LogP contribution is 2.46. The average molecular weight is 357 g/mol. The molecule has 0 aromatic heterocycles. The summed E-state index contributed by atoms with van der Waals surface area (Å²) in [4.78, 5) is 0. The molecule has 0 aromatic rings. The molecule has 3 heteroatoms. The van der Waals surface area contributed by atoms with Crippen molar-refractivity contribution in [2.75, 3.05) is 6.61 Å². The molecule has 3 fully saturated rings. The molecule has 3 aliphatic carbocycles. The minimum absolute atomic E-state index is 0.0659. The minimum Gasteiger partial charge on any atom is -0.375 e. The van der Waals surface area contributed by atoms with Gasteiger partial charge in [-0.15, -0.1) is 0 Å².